The summed E-state index contributed by atoms with van der Waals surface area (Å²) in [5.41, 5.74) is 1.45. The molecule has 1 N–H and O–H groups in total. The molecule has 0 spiro atoms. The number of aromatic nitrogens is 3. The molecule has 0 aromatic carbocycles. The number of hydrogen-bond acceptors (Lipinski definition) is 5. The van der Waals surface area contributed by atoms with E-state index in [9.17, 15) is 13.6 Å². The average Bonchev–Trinajstić information content (AvgIpc) is 3.37. The first kappa shape index (κ1) is 20.2. The summed E-state index contributed by atoms with van der Waals surface area (Å²) in [5.74, 6) is 0.359. The molecule has 9 heteroatoms. The lowest BCUT2D eigenvalue weighted by molar-refractivity contribution is 0.102. The first-order chi connectivity index (χ1) is 14.5. The van der Waals surface area contributed by atoms with Gasteiger partial charge in [-0.3, -0.25) is 4.79 Å². The fourth-order valence-electron chi connectivity index (χ4n) is 3.48. The van der Waals surface area contributed by atoms with Crippen LogP contribution >= 0.6 is 0 Å². The number of anilines is 1. The average molecular weight is 416 g/mol. The lowest BCUT2D eigenvalue weighted by Crippen LogP contribution is -2.16. The van der Waals surface area contributed by atoms with Crippen molar-refractivity contribution in [1.29, 1.82) is 0 Å². The number of nitrogens with zero attached hydrogens (tertiary/aromatic N) is 3. The van der Waals surface area contributed by atoms with Gasteiger partial charge in [0, 0.05) is 31.7 Å². The molecule has 1 aliphatic heterocycles. The van der Waals surface area contributed by atoms with Crippen LogP contribution < -0.4 is 10.1 Å². The maximum absolute atomic E-state index is 12.9. The van der Waals surface area contributed by atoms with Gasteiger partial charge >= 0.3 is 0 Å². The number of carbonyl (C=O) groups is 1. The van der Waals surface area contributed by atoms with Crippen molar-refractivity contribution in [3.8, 4) is 5.75 Å². The summed E-state index contributed by atoms with van der Waals surface area (Å²) in [6.07, 6.45) is 2.62. The van der Waals surface area contributed by atoms with E-state index in [0.717, 1.165) is 31.7 Å². The van der Waals surface area contributed by atoms with Crippen LogP contribution in [0.25, 0.3) is 5.65 Å². The predicted octanol–water partition coefficient (Wildman–Crippen LogP) is 3.90. The van der Waals surface area contributed by atoms with Crippen LogP contribution in [0, 0.1) is 5.92 Å². The third-order valence-corrected chi connectivity index (χ3v) is 4.91. The highest BCUT2D eigenvalue weighted by atomic mass is 19.3. The van der Waals surface area contributed by atoms with E-state index in [1.54, 1.807) is 16.7 Å². The van der Waals surface area contributed by atoms with Gasteiger partial charge in [-0.15, -0.1) is 0 Å². The second-order valence-corrected chi connectivity index (χ2v) is 7.12. The number of halogens is 2. The van der Waals surface area contributed by atoms with Gasteiger partial charge in [0.2, 0.25) is 0 Å². The Morgan fingerprint density at radius 3 is 2.97 bits per heavy atom. The lowest BCUT2D eigenvalue weighted by atomic mass is 10.0. The smallest absolute Gasteiger partial charge is 0.280 e. The molecule has 0 aliphatic carbocycles. The van der Waals surface area contributed by atoms with E-state index in [2.05, 4.69) is 15.3 Å². The van der Waals surface area contributed by atoms with Crippen molar-refractivity contribution in [2.24, 2.45) is 5.92 Å². The van der Waals surface area contributed by atoms with E-state index in [-0.39, 0.29) is 11.4 Å². The van der Waals surface area contributed by atoms with E-state index in [4.69, 9.17) is 9.47 Å². The number of alkyl halides is 2. The van der Waals surface area contributed by atoms with Crippen molar-refractivity contribution in [3.63, 3.8) is 0 Å². The van der Waals surface area contributed by atoms with Crippen molar-refractivity contribution in [1.82, 2.24) is 14.4 Å². The van der Waals surface area contributed by atoms with E-state index >= 15 is 0 Å². The maximum atomic E-state index is 12.9. The van der Waals surface area contributed by atoms with Crippen LogP contribution in [0.15, 0.2) is 36.7 Å². The summed E-state index contributed by atoms with van der Waals surface area (Å²) in [7, 11) is 0. The molecule has 4 rings (SSSR count). The number of carbonyl (C=O) groups excluding carboxylic acids is 1. The van der Waals surface area contributed by atoms with E-state index in [1.807, 2.05) is 13.1 Å². The highest BCUT2D eigenvalue weighted by Crippen LogP contribution is 2.25. The van der Waals surface area contributed by atoms with E-state index in [0.29, 0.717) is 23.9 Å². The van der Waals surface area contributed by atoms with Gasteiger partial charge in [0.25, 0.3) is 12.3 Å². The fraction of sp³-hybridized carbons (Fsp3) is 0.381. The minimum atomic E-state index is -2.72. The normalized spacial score (nSPS) is 16.3. The molecule has 1 saturated heterocycles. The van der Waals surface area contributed by atoms with Gasteiger partial charge in [0.05, 0.1) is 17.9 Å². The molecule has 0 radical (unpaired) electrons. The first-order valence-electron chi connectivity index (χ1n) is 9.82. The fourth-order valence-corrected chi connectivity index (χ4v) is 3.48. The van der Waals surface area contributed by atoms with Crippen molar-refractivity contribution >= 4 is 17.4 Å². The van der Waals surface area contributed by atoms with Crippen LogP contribution in [0.5, 0.6) is 5.75 Å². The Morgan fingerprint density at radius 1 is 1.37 bits per heavy atom. The van der Waals surface area contributed by atoms with Gasteiger partial charge in [0.15, 0.2) is 0 Å². The predicted molar refractivity (Wildman–Crippen MR) is 106 cm³/mol. The van der Waals surface area contributed by atoms with Crippen LogP contribution in [-0.2, 0) is 11.2 Å². The quantitative estimate of drug-likeness (QED) is 0.632. The SMILES string of the molecule is CCOc1cc2nc(C[C@@H]3CCOC3)cn2cc1C(=O)Nc1cccc(C(F)F)n1. The largest absolute Gasteiger partial charge is 0.493 e. The zero-order chi connectivity index (χ0) is 21.1. The summed E-state index contributed by atoms with van der Waals surface area (Å²) in [4.78, 5) is 21.3. The van der Waals surface area contributed by atoms with Gasteiger partial charge in [-0.2, -0.15) is 0 Å². The molecule has 0 unspecified atom stereocenters. The van der Waals surface area contributed by atoms with Crippen LogP contribution in [0.2, 0.25) is 0 Å². The summed E-state index contributed by atoms with van der Waals surface area (Å²) >= 11 is 0. The van der Waals surface area contributed by atoms with E-state index in [1.165, 1.54) is 18.2 Å². The molecular weight excluding hydrogens is 394 g/mol. The molecule has 158 valence electrons. The number of amides is 1. The number of imidazole rings is 1. The molecule has 0 saturated carbocycles. The Morgan fingerprint density at radius 2 is 2.23 bits per heavy atom. The Hall–Kier alpha value is -3.07. The monoisotopic (exact) mass is 416 g/mol. The number of ether oxygens (including phenoxy) is 2. The molecule has 1 aliphatic rings. The summed E-state index contributed by atoms with van der Waals surface area (Å²) in [6.45, 7) is 3.69. The zero-order valence-corrected chi connectivity index (χ0v) is 16.5. The van der Waals surface area contributed by atoms with Crippen LogP contribution in [0.4, 0.5) is 14.6 Å². The second kappa shape index (κ2) is 8.74. The minimum absolute atomic E-state index is 0.0490. The highest BCUT2D eigenvalue weighted by molar-refractivity contribution is 6.05. The standard InChI is InChI=1S/C21H22F2N4O3/c1-2-30-17-9-19-24-14(8-13-6-7-29-12-13)10-27(19)11-15(17)21(28)26-18-5-3-4-16(25-18)20(22)23/h3-5,9-11,13,20H,2,6-8,12H2,1H3,(H,25,26,28)/t13-/m0/s1. The van der Waals surface area contributed by atoms with Crippen LogP contribution in [0.1, 0.15) is 41.5 Å². The number of pyridine rings is 2. The topological polar surface area (TPSA) is 77.8 Å². The molecule has 1 fully saturated rings. The van der Waals surface area contributed by atoms with Gasteiger partial charge in [-0.05, 0) is 37.8 Å². The maximum Gasteiger partial charge on any atom is 0.280 e. The van der Waals surface area contributed by atoms with Gasteiger partial charge < -0.3 is 19.2 Å². The highest BCUT2D eigenvalue weighted by Gasteiger charge is 2.20. The molecular formula is C21H22F2N4O3. The second-order valence-electron chi connectivity index (χ2n) is 7.12. The summed E-state index contributed by atoms with van der Waals surface area (Å²) in [5, 5.41) is 2.57. The lowest BCUT2D eigenvalue weighted by Gasteiger charge is -2.11. The minimum Gasteiger partial charge on any atom is -0.493 e. The van der Waals surface area contributed by atoms with Crippen molar-refractivity contribution < 1.29 is 23.0 Å². The number of hydrogen-bond donors (Lipinski definition) is 1. The molecule has 1 amide bonds. The Labute approximate surface area is 172 Å². The molecule has 1 atom stereocenters. The molecule has 0 bridgehead atoms. The number of rotatable bonds is 7. The van der Waals surface area contributed by atoms with Crippen molar-refractivity contribution in [2.75, 3.05) is 25.1 Å². The zero-order valence-electron chi connectivity index (χ0n) is 16.5. The summed E-state index contributed by atoms with van der Waals surface area (Å²) < 4.78 is 38.6. The third kappa shape index (κ3) is 4.40. The van der Waals surface area contributed by atoms with E-state index < -0.39 is 18.0 Å². The third-order valence-electron chi connectivity index (χ3n) is 4.91. The number of fused-ring (bicyclic) bond motifs is 1. The Balaban J connectivity index is 1.61. The van der Waals surface area contributed by atoms with Gasteiger partial charge in [-0.25, -0.2) is 18.7 Å². The Kier molecular flexibility index (Phi) is 5.89. The van der Waals surface area contributed by atoms with Crippen LogP contribution in [-0.4, -0.2) is 40.1 Å². The molecule has 7 nitrogen and oxygen atoms in total. The van der Waals surface area contributed by atoms with Crippen molar-refractivity contribution in [2.45, 2.75) is 26.2 Å². The Bertz CT molecular complexity index is 1050. The van der Waals surface area contributed by atoms with Gasteiger partial charge in [-0.1, -0.05) is 6.07 Å². The molecule has 3 aromatic heterocycles. The number of nitrogens with one attached hydrogen (secondary N) is 1. The van der Waals surface area contributed by atoms with Crippen LogP contribution in [0.3, 0.4) is 0 Å². The molecule has 3 aromatic rings. The molecule has 30 heavy (non-hydrogen) atoms. The summed E-state index contributed by atoms with van der Waals surface area (Å²) in [6, 6.07) is 5.80. The van der Waals surface area contributed by atoms with Crippen molar-refractivity contribution in [3.05, 3.63) is 53.6 Å². The first-order valence-corrected chi connectivity index (χ1v) is 9.82. The van der Waals surface area contributed by atoms with Gasteiger partial charge in [0.1, 0.15) is 22.9 Å². The molecule has 4 heterocycles.